The molecule has 0 aromatic heterocycles. The van der Waals surface area contributed by atoms with Crippen LogP contribution in [0.4, 0.5) is 0 Å². The van der Waals surface area contributed by atoms with Crippen LogP contribution in [-0.2, 0) is 9.78 Å². The molecule has 2 aromatic rings. The zero-order valence-electron chi connectivity index (χ0n) is 9.81. The van der Waals surface area contributed by atoms with Crippen molar-refractivity contribution in [1.82, 2.24) is 0 Å². The Bertz CT molecular complexity index is 488. The fourth-order valence-corrected chi connectivity index (χ4v) is 1.32. The maximum Gasteiger partial charge on any atom is 0.386 e. The minimum absolute atomic E-state index is 0. The molecule has 0 fully saturated rings. The standard InChI is InChI=1S/C14H10O4.HI/c15-13(11-7-3-1-4-8-11)17-18-14(16)12-9-5-2-6-10-12;/h1-10H;1H. The van der Waals surface area contributed by atoms with Crippen LogP contribution < -0.4 is 0 Å². The first kappa shape index (κ1) is 15.2. The predicted octanol–water partition coefficient (Wildman–Crippen LogP) is 3.23. The summed E-state index contributed by atoms with van der Waals surface area (Å²) in [5.74, 6) is -1.42. The van der Waals surface area contributed by atoms with Crippen LogP contribution in [0.2, 0.25) is 0 Å². The van der Waals surface area contributed by atoms with E-state index < -0.39 is 11.9 Å². The number of carbonyl (C=O) groups excluding carboxylic acids is 2. The van der Waals surface area contributed by atoms with Gasteiger partial charge in [0.25, 0.3) is 0 Å². The average molecular weight is 370 g/mol. The van der Waals surface area contributed by atoms with Crippen molar-refractivity contribution >= 4 is 35.9 Å². The Balaban J connectivity index is 0.00000180. The van der Waals surface area contributed by atoms with Crippen LogP contribution in [0.25, 0.3) is 0 Å². The maximum absolute atomic E-state index is 11.5. The Morgan fingerprint density at radius 3 is 1.26 bits per heavy atom. The fourth-order valence-electron chi connectivity index (χ4n) is 1.32. The van der Waals surface area contributed by atoms with E-state index in [1.54, 1.807) is 60.7 Å². The summed E-state index contributed by atoms with van der Waals surface area (Å²) in [4.78, 5) is 31.9. The molecule has 4 nitrogen and oxygen atoms in total. The molecule has 0 atom stereocenters. The first-order chi connectivity index (χ1) is 8.77. The van der Waals surface area contributed by atoms with Gasteiger partial charge < -0.3 is 0 Å². The zero-order valence-corrected chi connectivity index (χ0v) is 12.1. The predicted molar refractivity (Wildman–Crippen MR) is 79.1 cm³/mol. The molecule has 0 bridgehead atoms. The first-order valence-electron chi connectivity index (χ1n) is 5.30. The van der Waals surface area contributed by atoms with Crippen molar-refractivity contribution in [2.45, 2.75) is 0 Å². The van der Waals surface area contributed by atoms with E-state index in [2.05, 4.69) is 9.78 Å². The molecular formula is C14H11IO4. The van der Waals surface area contributed by atoms with Gasteiger partial charge in [0.2, 0.25) is 0 Å². The summed E-state index contributed by atoms with van der Waals surface area (Å²) < 4.78 is 0. The smallest absolute Gasteiger partial charge is 0.242 e. The van der Waals surface area contributed by atoms with E-state index in [1.807, 2.05) is 0 Å². The molecule has 0 aliphatic heterocycles. The van der Waals surface area contributed by atoms with Crippen molar-refractivity contribution in [3.05, 3.63) is 71.8 Å². The highest BCUT2D eigenvalue weighted by Crippen LogP contribution is 2.05. The van der Waals surface area contributed by atoms with Crippen LogP contribution in [0, 0.1) is 0 Å². The lowest BCUT2D eigenvalue weighted by molar-refractivity contribution is -0.187. The molecule has 2 aromatic carbocycles. The number of carbonyl (C=O) groups is 2. The summed E-state index contributed by atoms with van der Waals surface area (Å²) in [7, 11) is 0. The van der Waals surface area contributed by atoms with Crippen molar-refractivity contribution < 1.29 is 19.4 Å². The molecule has 0 saturated carbocycles. The molecule has 0 unspecified atom stereocenters. The minimum Gasteiger partial charge on any atom is -0.242 e. The lowest BCUT2D eigenvalue weighted by Gasteiger charge is -2.02. The van der Waals surface area contributed by atoms with Crippen LogP contribution in [-0.4, -0.2) is 11.9 Å². The average Bonchev–Trinajstić information content (AvgIpc) is 2.46. The van der Waals surface area contributed by atoms with Gasteiger partial charge in [-0.15, -0.1) is 24.0 Å². The summed E-state index contributed by atoms with van der Waals surface area (Å²) in [6.07, 6.45) is 0. The molecule has 0 heterocycles. The Hall–Kier alpha value is -1.89. The van der Waals surface area contributed by atoms with Gasteiger partial charge in [-0.2, -0.15) is 0 Å². The molecule has 19 heavy (non-hydrogen) atoms. The van der Waals surface area contributed by atoms with E-state index in [0.717, 1.165) is 0 Å². The van der Waals surface area contributed by atoms with E-state index in [1.165, 1.54) is 0 Å². The van der Waals surface area contributed by atoms with Crippen LogP contribution in [0.5, 0.6) is 0 Å². The first-order valence-corrected chi connectivity index (χ1v) is 5.30. The number of halogens is 1. The van der Waals surface area contributed by atoms with Crippen molar-refractivity contribution in [1.29, 1.82) is 0 Å². The Labute approximate surface area is 127 Å². The molecule has 98 valence electrons. The van der Waals surface area contributed by atoms with Gasteiger partial charge in [-0.1, -0.05) is 36.4 Å². The lowest BCUT2D eigenvalue weighted by Crippen LogP contribution is -2.11. The quantitative estimate of drug-likeness (QED) is 0.463. The third kappa shape index (κ3) is 4.36. The summed E-state index contributed by atoms with van der Waals surface area (Å²) >= 11 is 0. The highest BCUT2D eigenvalue weighted by Gasteiger charge is 2.12. The molecule has 0 saturated heterocycles. The SMILES string of the molecule is I.O=C(OOC(=O)c1ccccc1)c1ccccc1. The van der Waals surface area contributed by atoms with Gasteiger partial charge in [0.15, 0.2) is 0 Å². The Morgan fingerprint density at radius 1 is 0.632 bits per heavy atom. The minimum atomic E-state index is -0.708. The van der Waals surface area contributed by atoms with Gasteiger partial charge >= 0.3 is 11.9 Å². The molecule has 0 amide bonds. The second-order valence-electron chi connectivity index (χ2n) is 3.47. The van der Waals surface area contributed by atoms with Gasteiger partial charge in [-0.3, -0.25) is 0 Å². The third-order valence-corrected chi connectivity index (χ3v) is 2.21. The van der Waals surface area contributed by atoms with Crippen molar-refractivity contribution in [2.24, 2.45) is 0 Å². The van der Waals surface area contributed by atoms with Crippen LogP contribution in [0.1, 0.15) is 20.7 Å². The van der Waals surface area contributed by atoms with Gasteiger partial charge in [0, 0.05) is 0 Å². The van der Waals surface area contributed by atoms with Gasteiger partial charge in [0.1, 0.15) is 0 Å². The fraction of sp³-hybridized carbons (Fsp3) is 0. The molecule has 0 N–H and O–H groups in total. The van der Waals surface area contributed by atoms with Crippen LogP contribution >= 0.6 is 24.0 Å². The van der Waals surface area contributed by atoms with E-state index in [9.17, 15) is 9.59 Å². The van der Waals surface area contributed by atoms with Gasteiger partial charge in [-0.05, 0) is 24.3 Å². The number of rotatable bonds is 2. The van der Waals surface area contributed by atoms with E-state index in [4.69, 9.17) is 0 Å². The van der Waals surface area contributed by atoms with Gasteiger partial charge in [-0.25, -0.2) is 19.4 Å². The highest BCUT2D eigenvalue weighted by molar-refractivity contribution is 14.0. The third-order valence-electron chi connectivity index (χ3n) is 2.21. The van der Waals surface area contributed by atoms with Crippen molar-refractivity contribution in [3.63, 3.8) is 0 Å². The molecule has 0 radical (unpaired) electrons. The molecule has 0 aliphatic carbocycles. The van der Waals surface area contributed by atoms with Gasteiger partial charge in [0.05, 0.1) is 11.1 Å². The van der Waals surface area contributed by atoms with Crippen LogP contribution in [0.15, 0.2) is 60.7 Å². The monoisotopic (exact) mass is 370 g/mol. The topological polar surface area (TPSA) is 52.6 Å². The summed E-state index contributed by atoms with van der Waals surface area (Å²) in [6.45, 7) is 0. The van der Waals surface area contributed by atoms with E-state index >= 15 is 0 Å². The Kier molecular flexibility index (Phi) is 6.01. The van der Waals surface area contributed by atoms with E-state index in [-0.39, 0.29) is 24.0 Å². The molecular weight excluding hydrogens is 359 g/mol. The molecule has 0 aliphatic rings. The molecule has 0 spiro atoms. The second kappa shape index (κ2) is 7.52. The summed E-state index contributed by atoms with van der Waals surface area (Å²) in [6, 6.07) is 16.6. The maximum atomic E-state index is 11.5. The van der Waals surface area contributed by atoms with Crippen LogP contribution in [0.3, 0.4) is 0 Å². The summed E-state index contributed by atoms with van der Waals surface area (Å²) in [5.41, 5.74) is 0.636. The largest absolute Gasteiger partial charge is 0.386 e. The summed E-state index contributed by atoms with van der Waals surface area (Å²) in [5, 5.41) is 0. The zero-order chi connectivity index (χ0) is 12.8. The number of hydrogen-bond acceptors (Lipinski definition) is 4. The van der Waals surface area contributed by atoms with E-state index in [0.29, 0.717) is 11.1 Å². The highest BCUT2D eigenvalue weighted by atomic mass is 127. The van der Waals surface area contributed by atoms with Crippen molar-refractivity contribution in [2.75, 3.05) is 0 Å². The Morgan fingerprint density at radius 2 is 0.947 bits per heavy atom. The lowest BCUT2D eigenvalue weighted by atomic mass is 10.2. The number of hydrogen-bond donors (Lipinski definition) is 0. The normalized spacial score (nSPS) is 9.05. The van der Waals surface area contributed by atoms with Crippen molar-refractivity contribution in [3.8, 4) is 0 Å². The molecule has 2 rings (SSSR count). The number of benzene rings is 2. The molecule has 5 heteroatoms. The second-order valence-corrected chi connectivity index (χ2v) is 3.47.